The highest BCUT2D eigenvalue weighted by Crippen LogP contribution is 2.06. The fourth-order valence-corrected chi connectivity index (χ4v) is 0.364. The second kappa shape index (κ2) is 4.00. The highest BCUT2D eigenvalue weighted by molar-refractivity contribution is 6.50. The number of imidazole rings is 1. The predicted octanol–water partition coefficient (Wildman–Crippen LogP) is 1.14. The molecule has 1 aromatic heterocycles. The highest BCUT2D eigenvalue weighted by Gasteiger charge is 2.20. The third-order valence-corrected chi connectivity index (χ3v) is 0.684. The number of hydrogen-bond donors (Lipinski definition) is 1. The minimum atomic E-state index is -6.00. The number of hydrogen-bond acceptors (Lipinski definition) is 0. The Balaban J connectivity index is 0.000000187. The zero-order valence-electron chi connectivity index (χ0n) is 5.77. The van der Waals surface area contributed by atoms with E-state index in [9.17, 15) is 17.3 Å². The van der Waals surface area contributed by atoms with Crippen LogP contribution < -0.4 is 4.57 Å². The van der Waals surface area contributed by atoms with Crippen LogP contribution in [0.3, 0.4) is 0 Å². The Morgan fingerprint density at radius 1 is 1.27 bits per heavy atom. The van der Waals surface area contributed by atoms with E-state index in [4.69, 9.17) is 0 Å². The summed E-state index contributed by atoms with van der Waals surface area (Å²) in [7, 11) is -4.03. The second-order valence-corrected chi connectivity index (χ2v) is 1.77. The van der Waals surface area contributed by atoms with E-state index in [1.807, 2.05) is 30.3 Å². The maximum Gasteiger partial charge on any atom is 0.673 e. The van der Waals surface area contributed by atoms with Crippen LogP contribution in [0.1, 0.15) is 0 Å². The van der Waals surface area contributed by atoms with E-state index < -0.39 is 7.25 Å². The number of nitrogens with zero attached hydrogens (tertiary/aromatic N) is 1. The SMILES string of the molecule is C[n+]1cc[nH]c1.F[B-](F)(F)F. The Hall–Kier alpha value is -1.01. The molecule has 0 fully saturated rings. The number of nitrogens with one attached hydrogen (secondary N) is 1. The van der Waals surface area contributed by atoms with Gasteiger partial charge in [0, 0.05) is 0 Å². The number of H-pyrrole nitrogens is 1. The van der Waals surface area contributed by atoms with Gasteiger partial charge in [-0.15, -0.1) is 0 Å². The minimum absolute atomic E-state index is 1.88. The summed E-state index contributed by atoms with van der Waals surface area (Å²) < 4.78 is 40.9. The Labute approximate surface area is 61.0 Å². The molecule has 0 aliphatic carbocycles. The lowest BCUT2D eigenvalue weighted by Crippen LogP contribution is -2.22. The van der Waals surface area contributed by atoms with Crippen LogP contribution in [-0.2, 0) is 7.05 Å². The molecule has 1 aromatic rings. The van der Waals surface area contributed by atoms with Crippen LogP contribution in [0, 0.1) is 0 Å². The molecule has 0 saturated carbocycles. The van der Waals surface area contributed by atoms with Crippen molar-refractivity contribution in [1.82, 2.24) is 4.98 Å². The zero-order valence-corrected chi connectivity index (χ0v) is 5.77. The largest absolute Gasteiger partial charge is 0.673 e. The molecule has 0 aliphatic rings. The minimum Gasteiger partial charge on any atom is -0.418 e. The first-order chi connectivity index (χ1) is 4.89. The van der Waals surface area contributed by atoms with Crippen molar-refractivity contribution in [2.45, 2.75) is 0 Å². The van der Waals surface area contributed by atoms with Crippen LogP contribution in [0.25, 0.3) is 0 Å². The van der Waals surface area contributed by atoms with E-state index in [1.54, 1.807) is 0 Å². The zero-order chi connectivity index (χ0) is 8.91. The van der Waals surface area contributed by atoms with Gasteiger partial charge in [-0.25, -0.2) is 4.57 Å². The van der Waals surface area contributed by atoms with E-state index in [-0.39, 0.29) is 0 Å². The van der Waals surface area contributed by atoms with E-state index in [0.717, 1.165) is 0 Å². The molecule has 0 unspecified atom stereocenters. The van der Waals surface area contributed by atoms with Crippen molar-refractivity contribution in [3.05, 3.63) is 18.7 Å². The lowest BCUT2D eigenvalue weighted by atomic mass is 10.3. The summed E-state index contributed by atoms with van der Waals surface area (Å²) in [5.74, 6) is 0. The van der Waals surface area contributed by atoms with Gasteiger partial charge in [-0.2, -0.15) is 0 Å². The van der Waals surface area contributed by atoms with Gasteiger partial charge >= 0.3 is 7.25 Å². The van der Waals surface area contributed by atoms with E-state index in [1.165, 1.54) is 0 Å². The van der Waals surface area contributed by atoms with Crippen LogP contribution in [0.15, 0.2) is 18.7 Å². The van der Waals surface area contributed by atoms with Gasteiger partial charge < -0.3 is 17.3 Å². The summed E-state index contributed by atoms with van der Waals surface area (Å²) >= 11 is 0. The van der Waals surface area contributed by atoms with Crippen molar-refractivity contribution in [3.8, 4) is 0 Å². The van der Waals surface area contributed by atoms with Gasteiger partial charge in [-0.05, 0) is 0 Å². The Kier molecular flexibility index (Phi) is 3.63. The molecule has 0 spiro atoms. The molecule has 1 N–H and O–H groups in total. The summed E-state index contributed by atoms with van der Waals surface area (Å²) in [6.45, 7) is 0. The molecule has 0 aliphatic heterocycles. The van der Waals surface area contributed by atoms with Gasteiger partial charge in [0.25, 0.3) is 0 Å². The molecule has 7 heteroatoms. The Morgan fingerprint density at radius 2 is 1.73 bits per heavy atom. The molecule has 0 atom stereocenters. The van der Waals surface area contributed by atoms with Crippen LogP contribution >= 0.6 is 0 Å². The molecule has 0 aromatic carbocycles. The topological polar surface area (TPSA) is 19.7 Å². The van der Waals surface area contributed by atoms with Crippen molar-refractivity contribution in [3.63, 3.8) is 0 Å². The molecule has 64 valence electrons. The molecule has 0 amide bonds. The third kappa shape index (κ3) is 12.2. The monoisotopic (exact) mass is 170 g/mol. The number of aryl methyl sites for hydroxylation is 1. The van der Waals surface area contributed by atoms with Gasteiger partial charge in [0.2, 0.25) is 6.33 Å². The van der Waals surface area contributed by atoms with Gasteiger partial charge in [0.1, 0.15) is 12.4 Å². The molecule has 0 bridgehead atoms. The van der Waals surface area contributed by atoms with E-state index >= 15 is 0 Å². The molecule has 0 radical (unpaired) electrons. The van der Waals surface area contributed by atoms with Crippen LogP contribution in [0.2, 0.25) is 0 Å². The molecule has 11 heavy (non-hydrogen) atoms. The summed E-state index contributed by atoms with van der Waals surface area (Å²) in [5.41, 5.74) is 0. The van der Waals surface area contributed by atoms with Crippen molar-refractivity contribution in [1.29, 1.82) is 0 Å². The van der Waals surface area contributed by atoms with Gasteiger partial charge in [0.05, 0.1) is 7.05 Å². The number of aromatic amines is 1. The molecular weight excluding hydrogens is 163 g/mol. The van der Waals surface area contributed by atoms with E-state index in [2.05, 4.69) is 4.98 Å². The quantitative estimate of drug-likeness (QED) is 0.342. The molecule has 1 heterocycles. The summed E-state index contributed by atoms with van der Waals surface area (Å²) in [5, 5.41) is 0. The van der Waals surface area contributed by atoms with Gasteiger partial charge in [-0.1, -0.05) is 0 Å². The number of halogens is 4. The third-order valence-electron chi connectivity index (χ3n) is 0.684. The Bertz CT molecular complexity index is 176. The lowest BCUT2D eigenvalue weighted by Gasteiger charge is -1.94. The first kappa shape index (κ1) is 9.99. The first-order valence-electron chi connectivity index (χ1n) is 2.75. The lowest BCUT2D eigenvalue weighted by molar-refractivity contribution is -0.670. The van der Waals surface area contributed by atoms with Gasteiger partial charge in [-0.3, -0.25) is 4.98 Å². The number of rotatable bonds is 0. The van der Waals surface area contributed by atoms with Crippen molar-refractivity contribution in [2.75, 3.05) is 0 Å². The molecule has 2 nitrogen and oxygen atoms in total. The van der Waals surface area contributed by atoms with Crippen LogP contribution in [0.5, 0.6) is 0 Å². The molecule has 0 saturated heterocycles. The van der Waals surface area contributed by atoms with Crippen molar-refractivity contribution < 1.29 is 21.8 Å². The summed E-state index contributed by atoms with van der Waals surface area (Å²) in [6, 6.07) is 0. The standard InChI is InChI=1S/C4H6N2.BF4/c1-6-3-2-5-4-6;2-1(3,4)5/h2-4H,1H3;/q;-1/p+1. The maximum atomic E-state index is 9.75. The number of aromatic nitrogens is 2. The maximum absolute atomic E-state index is 9.75. The average Bonchev–Trinajstić information content (AvgIpc) is 2.12. The summed E-state index contributed by atoms with van der Waals surface area (Å²) in [4.78, 5) is 2.89. The Morgan fingerprint density at radius 3 is 1.82 bits per heavy atom. The first-order valence-corrected chi connectivity index (χ1v) is 2.75. The van der Waals surface area contributed by atoms with Crippen molar-refractivity contribution >= 4 is 7.25 Å². The fraction of sp³-hybridized carbons (Fsp3) is 0.250. The molecular formula is C4H7BF4N2. The van der Waals surface area contributed by atoms with Crippen LogP contribution in [-0.4, -0.2) is 12.2 Å². The normalized spacial score (nSPS) is 10.3. The van der Waals surface area contributed by atoms with Crippen molar-refractivity contribution in [2.24, 2.45) is 7.05 Å². The molecule has 1 rings (SSSR count). The second-order valence-electron chi connectivity index (χ2n) is 1.77. The summed E-state index contributed by atoms with van der Waals surface area (Å²) in [6.07, 6.45) is 5.69. The van der Waals surface area contributed by atoms with Crippen LogP contribution in [0.4, 0.5) is 17.3 Å². The highest BCUT2D eigenvalue weighted by atomic mass is 19.5. The average molecular weight is 170 g/mol. The smallest absolute Gasteiger partial charge is 0.418 e. The van der Waals surface area contributed by atoms with E-state index in [0.29, 0.717) is 0 Å². The predicted molar refractivity (Wildman–Crippen MR) is 32.2 cm³/mol. The van der Waals surface area contributed by atoms with Gasteiger partial charge in [0.15, 0.2) is 0 Å². The fourth-order valence-electron chi connectivity index (χ4n) is 0.364.